The zero-order valence-electron chi connectivity index (χ0n) is 12.2. The molecule has 0 saturated heterocycles. The van der Waals surface area contributed by atoms with E-state index in [0.29, 0.717) is 5.76 Å². The predicted molar refractivity (Wildman–Crippen MR) is 77.9 cm³/mol. The van der Waals surface area contributed by atoms with Gasteiger partial charge in [-0.3, -0.25) is 4.79 Å². The van der Waals surface area contributed by atoms with Gasteiger partial charge in [0.2, 0.25) is 0 Å². The molecule has 22 heavy (non-hydrogen) atoms. The molecule has 0 aliphatic heterocycles. The highest BCUT2D eigenvalue weighted by Gasteiger charge is 2.23. The van der Waals surface area contributed by atoms with Crippen molar-refractivity contribution in [1.82, 2.24) is 5.32 Å². The minimum absolute atomic E-state index is 0.0139. The lowest BCUT2D eigenvalue weighted by molar-refractivity contribution is -0.124. The van der Waals surface area contributed by atoms with E-state index in [1.807, 2.05) is 0 Å². The van der Waals surface area contributed by atoms with Crippen LogP contribution in [-0.2, 0) is 11.2 Å². The summed E-state index contributed by atoms with van der Waals surface area (Å²) in [6.45, 7) is 1.30. The van der Waals surface area contributed by atoms with Crippen LogP contribution in [0, 0.1) is 5.82 Å². The van der Waals surface area contributed by atoms with Crippen molar-refractivity contribution in [3.8, 4) is 5.75 Å². The molecule has 1 amide bonds. The van der Waals surface area contributed by atoms with Crippen molar-refractivity contribution in [2.24, 2.45) is 0 Å². The van der Waals surface area contributed by atoms with E-state index in [0.717, 1.165) is 0 Å². The summed E-state index contributed by atoms with van der Waals surface area (Å²) in [5, 5.41) is 12.7. The average molecular weight is 307 g/mol. The van der Waals surface area contributed by atoms with Crippen molar-refractivity contribution < 1.29 is 23.4 Å². The quantitative estimate of drug-likeness (QED) is 0.819. The molecule has 0 aliphatic carbocycles. The molecule has 118 valence electrons. The molecule has 2 rings (SSSR count). The number of ether oxygens (including phenoxy) is 1. The zero-order valence-corrected chi connectivity index (χ0v) is 12.2. The van der Waals surface area contributed by atoms with Gasteiger partial charge in [-0.15, -0.1) is 0 Å². The third-order valence-corrected chi connectivity index (χ3v) is 3.00. The molecular formula is C16H18FNO4. The van der Waals surface area contributed by atoms with Gasteiger partial charge in [-0.1, -0.05) is 12.1 Å². The molecule has 2 aromatic rings. The first-order valence-electron chi connectivity index (χ1n) is 6.85. The van der Waals surface area contributed by atoms with Crippen LogP contribution in [0.2, 0.25) is 0 Å². The molecule has 0 spiro atoms. The summed E-state index contributed by atoms with van der Waals surface area (Å²) in [5.41, 5.74) is -1.15. The van der Waals surface area contributed by atoms with Crippen molar-refractivity contribution in [1.29, 1.82) is 0 Å². The van der Waals surface area contributed by atoms with E-state index < -0.39 is 17.3 Å². The number of benzene rings is 1. The highest BCUT2D eigenvalue weighted by atomic mass is 19.1. The van der Waals surface area contributed by atoms with E-state index >= 15 is 0 Å². The third kappa shape index (κ3) is 4.89. The Morgan fingerprint density at radius 1 is 1.36 bits per heavy atom. The first-order valence-corrected chi connectivity index (χ1v) is 6.85. The van der Waals surface area contributed by atoms with Crippen LogP contribution >= 0.6 is 0 Å². The number of hydrogen-bond acceptors (Lipinski definition) is 4. The fraction of sp³-hybridized carbons (Fsp3) is 0.312. The van der Waals surface area contributed by atoms with Crippen molar-refractivity contribution >= 4 is 5.91 Å². The number of rotatable bonds is 7. The maximum atomic E-state index is 13.3. The fourth-order valence-electron chi connectivity index (χ4n) is 1.90. The van der Waals surface area contributed by atoms with Crippen LogP contribution in [0.5, 0.6) is 5.75 Å². The summed E-state index contributed by atoms with van der Waals surface area (Å²) in [4.78, 5) is 11.7. The molecule has 1 atom stereocenters. The Kier molecular flexibility index (Phi) is 5.16. The van der Waals surface area contributed by atoms with Gasteiger partial charge in [0.05, 0.1) is 11.9 Å². The lowest BCUT2D eigenvalue weighted by Crippen LogP contribution is -2.43. The van der Waals surface area contributed by atoms with Crippen LogP contribution < -0.4 is 10.1 Å². The number of amides is 1. The van der Waals surface area contributed by atoms with Gasteiger partial charge in [-0.05, 0) is 31.2 Å². The monoisotopic (exact) mass is 307 g/mol. The number of para-hydroxylation sites is 1. The molecule has 1 aromatic carbocycles. The second-order valence-electron chi connectivity index (χ2n) is 5.25. The minimum atomic E-state index is -1.15. The highest BCUT2D eigenvalue weighted by molar-refractivity contribution is 5.77. The van der Waals surface area contributed by atoms with Crippen LogP contribution in [0.4, 0.5) is 4.39 Å². The van der Waals surface area contributed by atoms with Crippen molar-refractivity contribution in [2.75, 3.05) is 13.2 Å². The number of carbonyl (C=O) groups is 1. The normalized spacial score (nSPS) is 13.4. The maximum Gasteiger partial charge on any atom is 0.258 e. The standard InChI is InChI=1S/C16H18FNO4/c1-16(20,9-12-5-4-8-21-12)11-18-15(19)10-22-14-7-3-2-6-13(14)17/h2-8,20H,9-11H2,1H3,(H,18,19). The second-order valence-corrected chi connectivity index (χ2v) is 5.25. The summed E-state index contributed by atoms with van der Waals surface area (Å²) in [5.74, 6) is -0.329. The second kappa shape index (κ2) is 7.09. The smallest absolute Gasteiger partial charge is 0.258 e. The molecule has 0 aliphatic rings. The molecule has 0 bridgehead atoms. The Hall–Kier alpha value is -2.34. The summed E-state index contributed by atoms with van der Waals surface area (Å²) < 4.78 is 23.6. The van der Waals surface area contributed by atoms with Crippen molar-refractivity contribution in [3.63, 3.8) is 0 Å². The van der Waals surface area contributed by atoms with E-state index in [2.05, 4.69) is 5.32 Å². The molecule has 0 fully saturated rings. The van der Waals surface area contributed by atoms with Crippen LogP contribution in [-0.4, -0.2) is 29.8 Å². The van der Waals surface area contributed by atoms with Crippen LogP contribution in [0.15, 0.2) is 47.1 Å². The van der Waals surface area contributed by atoms with E-state index in [1.54, 1.807) is 25.1 Å². The van der Waals surface area contributed by atoms with Gasteiger partial charge in [0.25, 0.3) is 5.91 Å². The molecule has 6 heteroatoms. The van der Waals surface area contributed by atoms with Gasteiger partial charge < -0.3 is 19.6 Å². The van der Waals surface area contributed by atoms with Gasteiger partial charge >= 0.3 is 0 Å². The van der Waals surface area contributed by atoms with E-state index in [9.17, 15) is 14.3 Å². The van der Waals surface area contributed by atoms with E-state index in [-0.39, 0.29) is 25.3 Å². The van der Waals surface area contributed by atoms with Gasteiger partial charge in [0, 0.05) is 13.0 Å². The van der Waals surface area contributed by atoms with Crippen molar-refractivity contribution in [3.05, 3.63) is 54.2 Å². The molecule has 0 radical (unpaired) electrons. The Morgan fingerprint density at radius 3 is 2.82 bits per heavy atom. The number of nitrogens with one attached hydrogen (secondary N) is 1. The third-order valence-electron chi connectivity index (χ3n) is 3.00. The molecule has 1 unspecified atom stereocenters. The summed E-state index contributed by atoms with van der Waals surface area (Å²) >= 11 is 0. The molecule has 1 heterocycles. The van der Waals surface area contributed by atoms with Gasteiger partial charge in [0.1, 0.15) is 5.76 Å². The Balaban J connectivity index is 1.76. The van der Waals surface area contributed by atoms with Crippen LogP contribution in [0.3, 0.4) is 0 Å². The summed E-state index contributed by atoms with van der Waals surface area (Å²) in [6, 6.07) is 9.32. The number of furan rings is 1. The largest absolute Gasteiger partial charge is 0.481 e. The number of hydrogen-bond donors (Lipinski definition) is 2. The van der Waals surface area contributed by atoms with Crippen LogP contribution in [0.25, 0.3) is 0 Å². The zero-order chi connectivity index (χ0) is 16.0. The average Bonchev–Trinajstić information content (AvgIpc) is 2.96. The number of halogens is 1. The minimum Gasteiger partial charge on any atom is -0.481 e. The summed E-state index contributed by atoms with van der Waals surface area (Å²) in [7, 11) is 0. The Morgan fingerprint density at radius 2 is 2.14 bits per heavy atom. The van der Waals surface area contributed by atoms with Crippen LogP contribution in [0.1, 0.15) is 12.7 Å². The molecular weight excluding hydrogens is 289 g/mol. The number of aliphatic hydroxyl groups is 1. The first kappa shape index (κ1) is 16.0. The topological polar surface area (TPSA) is 71.7 Å². The molecule has 0 saturated carbocycles. The van der Waals surface area contributed by atoms with Gasteiger partial charge in [0.15, 0.2) is 18.2 Å². The first-order chi connectivity index (χ1) is 10.5. The predicted octanol–water partition coefficient (Wildman–Crippen LogP) is 1.91. The van der Waals surface area contributed by atoms with Gasteiger partial charge in [-0.2, -0.15) is 0 Å². The van der Waals surface area contributed by atoms with Gasteiger partial charge in [-0.25, -0.2) is 4.39 Å². The maximum absolute atomic E-state index is 13.3. The summed E-state index contributed by atoms with van der Waals surface area (Å²) in [6.07, 6.45) is 1.79. The number of carbonyl (C=O) groups excluding carboxylic acids is 1. The molecule has 5 nitrogen and oxygen atoms in total. The fourth-order valence-corrected chi connectivity index (χ4v) is 1.90. The van der Waals surface area contributed by atoms with E-state index in [1.165, 1.54) is 24.5 Å². The molecule has 1 aromatic heterocycles. The Labute approximate surface area is 127 Å². The highest BCUT2D eigenvalue weighted by Crippen LogP contribution is 2.15. The SMILES string of the molecule is CC(O)(CNC(=O)COc1ccccc1F)Cc1ccco1. The van der Waals surface area contributed by atoms with Crippen molar-refractivity contribution in [2.45, 2.75) is 18.9 Å². The van der Waals surface area contributed by atoms with E-state index in [4.69, 9.17) is 9.15 Å². The Bertz CT molecular complexity index is 610. The molecule has 2 N–H and O–H groups in total. The lowest BCUT2D eigenvalue weighted by atomic mass is 10.0. The lowest BCUT2D eigenvalue weighted by Gasteiger charge is -2.22.